The predicted molar refractivity (Wildman–Crippen MR) is 74.7 cm³/mol. The summed E-state index contributed by atoms with van der Waals surface area (Å²) in [5, 5.41) is 24.1. The van der Waals surface area contributed by atoms with Crippen molar-refractivity contribution in [2.24, 2.45) is 11.8 Å². The first kappa shape index (κ1) is 13.1. The molecule has 0 radical (unpaired) electrons. The van der Waals surface area contributed by atoms with Gasteiger partial charge in [0.05, 0.1) is 17.7 Å². The molecule has 0 spiro atoms. The zero-order valence-electron chi connectivity index (χ0n) is 11.5. The van der Waals surface area contributed by atoms with E-state index in [4.69, 9.17) is 0 Å². The highest BCUT2D eigenvalue weighted by molar-refractivity contribution is 5.29. The van der Waals surface area contributed by atoms with Gasteiger partial charge in [0.2, 0.25) is 0 Å². The molecule has 3 rings (SSSR count). The van der Waals surface area contributed by atoms with Crippen molar-refractivity contribution in [2.45, 2.75) is 37.3 Å². The Balaban J connectivity index is 2.03. The standard InChI is InChI=1S/C16H23NO2/c1-15(19)10-17-16(11-18,12-6-3-2-4-7-12)14-9-5-8-13(14)15/h2-4,6-7,13-14,17-19H,5,8-11H2,1H3/t13-,14+,15-,16+/m0/s1. The van der Waals surface area contributed by atoms with Crippen molar-refractivity contribution in [3.05, 3.63) is 35.9 Å². The zero-order chi connectivity index (χ0) is 13.5. The fourth-order valence-corrected chi connectivity index (χ4v) is 4.21. The van der Waals surface area contributed by atoms with Gasteiger partial charge in [-0.2, -0.15) is 0 Å². The molecule has 2 aliphatic rings. The second-order valence-electron chi connectivity index (χ2n) is 6.35. The van der Waals surface area contributed by atoms with Crippen LogP contribution in [-0.2, 0) is 5.54 Å². The molecule has 1 aliphatic heterocycles. The summed E-state index contributed by atoms with van der Waals surface area (Å²) in [6.45, 7) is 2.56. The summed E-state index contributed by atoms with van der Waals surface area (Å²) >= 11 is 0. The summed E-state index contributed by atoms with van der Waals surface area (Å²) in [6, 6.07) is 10.2. The van der Waals surface area contributed by atoms with E-state index in [0.29, 0.717) is 12.5 Å². The molecule has 4 atom stereocenters. The van der Waals surface area contributed by atoms with Crippen molar-refractivity contribution in [3.8, 4) is 0 Å². The van der Waals surface area contributed by atoms with Crippen LogP contribution in [0.3, 0.4) is 0 Å². The van der Waals surface area contributed by atoms with E-state index < -0.39 is 5.60 Å². The number of β-amino-alcohol motifs (C(OH)–C–C–N with tert-alkyl or cyclic N) is 1. The fraction of sp³-hybridized carbons (Fsp3) is 0.625. The van der Waals surface area contributed by atoms with Gasteiger partial charge in [0.25, 0.3) is 0 Å². The molecule has 2 fully saturated rings. The summed E-state index contributed by atoms with van der Waals surface area (Å²) in [7, 11) is 0. The van der Waals surface area contributed by atoms with E-state index in [-0.39, 0.29) is 18.1 Å². The van der Waals surface area contributed by atoms with Crippen LogP contribution in [0, 0.1) is 11.8 Å². The average Bonchev–Trinajstić information content (AvgIpc) is 2.92. The largest absolute Gasteiger partial charge is 0.394 e. The van der Waals surface area contributed by atoms with Crippen molar-refractivity contribution in [1.82, 2.24) is 5.32 Å². The van der Waals surface area contributed by atoms with Crippen LogP contribution in [0.2, 0.25) is 0 Å². The minimum atomic E-state index is -0.658. The van der Waals surface area contributed by atoms with Gasteiger partial charge in [0, 0.05) is 6.54 Å². The molecule has 1 aromatic rings. The fourth-order valence-electron chi connectivity index (χ4n) is 4.21. The van der Waals surface area contributed by atoms with Gasteiger partial charge in [0.15, 0.2) is 0 Å². The number of aliphatic hydroxyl groups excluding tert-OH is 1. The predicted octanol–water partition coefficient (Wildman–Crippen LogP) is 1.64. The Kier molecular flexibility index (Phi) is 3.16. The molecule has 0 bridgehead atoms. The Hall–Kier alpha value is -0.900. The van der Waals surface area contributed by atoms with Crippen LogP contribution < -0.4 is 5.32 Å². The molecule has 104 valence electrons. The number of fused-ring (bicyclic) bond motifs is 1. The van der Waals surface area contributed by atoms with Crippen molar-refractivity contribution in [3.63, 3.8) is 0 Å². The maximum absolute atomic E-state index is 10.6. The number of hydrogen-bond donors (Lipinski definition) is 3. The molecule has 1 heterocycles. The Labute approximate surface area is 114 Å². The summed E-state index contributed by atoms with van der Waals surface area (Å²) in [5.41, 5.74) is 0.101. The molecule has 1 saturated carbocycles. The lowest BCUT2D eigenvalue weighted by atomic mass is 9.65. The van der Waals surface area contributed by atoms with Gasteiger partial charge in [-0.25, -0.2) is 0 Å². The highest BCUT2D eigenvalue weighted by atomic mass is 16.3. The van der Waals surface area contributed by atoms with E-state index in [1.165, 1.54) is 0 Å². The smallest absolute Gasteiger partial charge is 0.0775 e. The molecule has 3 heteroatoms. The van der Waals surface area contributed by atoms with E-state index in [9.17, 15) is 10.2 Å². The van der Waals surface area contributed by atoms with Crippen LogP contribution in [0.1, 0.15) is 31.7 Å². The minimum absolute atomic E-state index is 0.0915. The number of rotatable bonds is 2. The number of nitrogens with one attached hydrogen (secondary N) is 1. The zero-order valence-corrected chi connectivity index (χ0v) is 11.5. The lowest BCUT2D eigenvalue weighted by molar-refractivity contribution is -0.0891. The van der Waals surface area contributed by atoms with Crippen LogP contribution >= 0.6 is 0 Å². The van der Waals surface area contributed by atoms with E-state index in [1.54, 1.807) is 0 Å². The molecule has 0 unspecified atom stereocenters. The number of aliphatic hydroxyl groups is 2. The van der Waals surface area contributed by atoms with Gasteiger partial charge < -0.3 is 15.5 Å². The maximum atomic E-state index is 10.6. The molecule has 1 saturated heterocycles. The van der Waals surface area contributed by atoms with Crippen LogP contribution in [-0.4, -0.2) is 29.0 Å². The van der Waals surface area contributed by atoms with Gasteiger partial charge in [-0.1, -0.05) is 36.8 Å². The van der Waals surface area contributed by atoms with E-state index in [2.05, 4.69) is 17.4 Å². The molecule has 0 aromatic heterocycles. The molecule has 0 amide bonds. The van der Waals surface area contributed by atoms with Crippen LogP contribution in [0.4, 0.5) is 0 Å². The number of piperidine rings is 1. The first-order valence-electron chi connectivity index (χ1n) is 7.24. The van der Waals surface area contributed by atoms with Crippen molar-refractivity contribution in [2.75, 3.05) is 13.2 Å². The van der Waals surface area contributed by atoms with E-state index in [0.717, 1.165) is 24.8 Å². The van der Waals surface area contributed by atoms with Crippen molar-refractivity contribution < 1.29 is 10.2 Å². The van der Waals surface area contributed by atoms with E-state index in [1.807, 2.05) is 25.1 Å². The highest BCUT2D eigenvalue weighted by Crippen LogP contribution is 2.50. The van der Waals surface area contributed by atoms with Gasteiger partial charge >= 0.3 is 0 Å². The Morgan fingerprint density at radius 1 is 1.21 bits per heavy atom. The number of hydrogen-bond acceptors (Lipinski definition) is 3. The molecule has 3 N–H and O–H groups in total. The summed E-state index contributed by atoms with van der Waals surface area (Å²) in [5.74, 6) is 0.588. The van der Waals surface area contributed by atoms with Gasteiger partial charge in [-0.15, -0.1) is 0 Å². The molecular weight excluding hydrogens is 238 g/mol. The third-order valence-corrected chi connectivity index (χ3v) is 5.25. The summed E-state index contributed by atoms with van der Waals surface area (Å²) in [4.78, 5) is 0. The molecule has 19 heavy (non-hydrogen) atoms. The Morgan fingerprint density at radius 3 is 2.58 bits per heavy atom. The first-order valence-corrected chi connectivity index (χ1v) is 7.24. The van der Waals surface area contributed by atoms with Gasteiger partial charge in [-0.3, -0.25) is 0 Å². The van der Waals surface area contributed by atoms with Crippen LogP contribution in [0.25, 0.3) is 0 Å². The van der Waals surface area contributed by atoms with Crippen LogP contribution in [0.15, 0.2) is 30.3 Å². The van der Waals surface area contributed by atoms with Gasteiger partial charge in [-0.05, 0) is 37.2 Å². The monoisotopic (exact) mass is 261 g/mol. The third-order valence-electron chi connectivity index (χ3n) is 5.25. The second-order valence-corrected chi connectivity index (χ2v) is 6.35. The molecule has 1 aliphatic carbocycles. The lowest BCUT2D eigenvalue weighted by Gasteiger charge is -2.52. The number of benzene rings is 1. The maximum Gasteiger partial charge on any atom is 0.0775 e. The topological polar surface area (TPSA) is 52.5 Å². The molecule has 3 nitrogen and oxygen atoms in total. The lowest BCUT2D eigenvalue weighted by Crippen LogP contribution is -2.65. The minimum Gasteiger partial charge on any atom is -0.394 e. The van der Waals surface area contributed by atoms with Gasteiger partial charge in [0.1, 0.15) is 0 Å². The average molecular weight is 261 g/mol. The first-order chi connectivity index (χ1) is 9.10. The van der Waals surface area contributed by atoms with E-state index >= 15 is 0 Å². The molecule has 1 aromatic carbocycles. The Morgan fingerprint density at radius 2 is 1.89 bits per heavy atom. The third kappa shape index (κ3) is 1.92. The summed E-state index contributed by atoms with van der Waals surface area (Å²) in [6.07, 6.45) is 3.28. The van der Waals surface area contributed by atoms with Crippen LogP contribution in [0.5, 0.6) is 0 Å². The van der Waals surface area contributed by atoms with Crippen molar-refractivity contribution >= 4 is 0 Å². The second kappa shape index (κ2) is 4.58. The molecular formula is C16H23NO2. The quantitative estimate of drug-likeness (QED) is 0.758. The SMILES string of the molecule is C[C@]1(O)CN[C@](CO)(c2ccccc2)[C@@H]2CCC[C@@H]21. The Bertz CT molecular complexity index is 445. The van der Waals surface area contributed by atoms with Crippen molar-refractivity contribution in [1.29, 1.82) is 0 Å². The highest BCUT2D eigenvalue weighted by Gasteiger charge is 2.55. The normalized spacial score (nSPS) is 42.1. The summed E-state index contributed by atoms with van der Waals surface area (Å²) < 4.78 is 0.